The van der Waals surface area contributed by atoms with E-state index in [-0.39, 0.29) is 33.0 Å². The Bertz CT molecular complexity index is 430. The minimum Gasteiger partial charge on any atom is -0.503 e. The second kappa shape index (κ2) is 5.67. The van der Waals surface area contributed by atoms with Gasteiger partial charge in [0.15, 0.2) is 11.5 Å². The van der Waals surface area contributed by atoms with Crippen molar-refractivity contribution in [3.8, 4) is 11.5 Å². The molecule has 1 aromatic rings. The Hall–Kier alpha value is -0.840. The molecule has 1 aromatic carbocycles. The maximum atomic E-state index is 11.6. The molecule has 0 aliphatic carbocycles. The second-order valence-corrected chi connectivity index (χ2v) is 4.05. The number of ether oxygens (including phenoxy) is 2. The number of esters is 1. The first-order valence-corrected chi connectivity index (χ1v) is 5.69. The number of hydrogen-bond donors (Lipinski definition) is 1. The summed E-state index contributed by atoms with van der Waals surface area (Å²) in [5.74, 6) is -1.30. The summed E-state index contributed by atoms with van der Waals surface area (Å²) < 4.78 is 9.58. The first kappa shape index (κ1) is 14.2. The molecule has 0 fully saturated rings. The number of rotatable bonds is 3. The number of phenolic OH excluding ortho intramolecular Hbond substituents is 1. The van der Waals surface area contributed by atoms with Crippen LogP contribution < -0.4 is 4.74 Å². The average Bonchev–Trinajstić information content (AvgIpc) is 2.28. The van der Waals surface area contributed by atoms with Crippen molar-refractivity contribution in [3.05, 3.63) is 20.6 Å². The van der Waals surface area contributed by atoms with Gasteiger partial charge in [-0.25, -0.2) is 4.79 Å². The summed E-state index contributed by atoms with van der Waals surface area (Å²) in [6, 6.07) is 0. The summed E-state index contributed by atoms with van der Waals surface area (Å²) in [4.78, 5) is 11.6. The Labute approximate surface area is 113 Å². The molecule has 1 rings (SSSR count). The van der Waals surface area contributed by atoms with E-state index in [1.165, 1.54) is 7.11 Å². The fourth-order valence-corrected chi connectivity index (χ4v) is 2.02. The second-order valence-electron chi connectivity index (χ2n) is 2.92. The first-order chi connectivity index (χ1) is 7.95. The molecule has 0 heterocycles. The Kier molecular flexibility index (Phi) is 4.74. The van der Waals surface area contributed by atoms with Crippen molar-refractivity contribution in [1.82, 2.24) is 0 Å². The molecule has 7 heteroatoms. The molecule has 17 heavy (non-hydrogen) atoms. The fourth-order valence-electron chi connectivity index (χ4n) is 1.20. The molecule has 0 atom stereocenters. The zero-order valence-electron chi connectivity index (χ0n) is 9.01. The summed E-state index contributed by atoms with van der Waals surface area (Å²) in [5, 5.41) is 9.22. The SMILES string of the molecule is CCOC(=O)c1c(Cl)c(O)c(OC)c(Cl)c1Cl. The maximum Gasteiger partial charge on any atom is 0.341 e. The van der Waals surface area contributed by atoms with Gasteiger partial charge in [0.1, 0.15) is 15.6 Å². The van der Waals surface area contributed by atoms with E-state index < -0.39 is 11.7 Å². The Balaban J connectivity index is 3.48. The molecule has 94 valence electrons. The highest BCUT2D eigenvalue weighted by atomic mass is 35.5. The van der Waals surface area contributed by atoms with Gasteiger partial charge >= 0.3 is 5.97 Å². The van der Waals surface area contributed by atoms with Crippen molar-refractivity contribution in [2.75, 3.05) is 13.7 Å². The molecule has 0 spiro atoms. The molecular formula is C10H9Cl3O4. The van der Waals surface area contributed by atoms with E-state index in [4.69, 9.17) is 44.3 Å². The van der Waals surface area contributed by atoms with Crippen LogP contribution in [-0.4, -0.2) is 24.8 Å². The van der Waals surface area contributed by atoms with Crippen LogP contribution in [0.25, 0.3) is 0 Å². The third-order valence-electron chi connectivity index (χ3n) is 1.94. The molecule has 0 aliphatic rings. The van der Waals surface area contributed by atoms with Crippen LogP contribution in [0, 0.1) is 0 Å². The predicted octanol–water partition coefficient (Wildman–Crippen LogP) is 3.54. The minimum atomic E-state index is -0.762. The quantitative estimate of drug-likeness (QED) is 0.685. The van der Waals surface area contributed by atoms with Gasteiger partial charge in [0, 0.05) is 0 Å². The smallest absolute Gasteiger partial charge is 0.341 e. The van der Waals surface area contributed by atoms with E-state index in [1.54, 1.807) is 6.92 Å². The van der Waals surface area contributed by atoms with Crippen LogP contribution in [0.2, 0.25) is 15.1 Å². The minimum absolute atomic E-state index is 0.0882. The van der Waals surface area contributed by atoms with E-state index in [2.05, 4.69) is 0 Å². The Morgan fingerprint density at radius 1 is 1.24 bits per heavy atom. The highest BCUT2D eigenvalue weighted by molar-refractivity contribution is 6.47. The number of carbonyl (C=O) groups is 1. The van der Waals surface area contributed by atoms with Gasteiger partial charge in [0.2, 0.25) is 0 Å². The van der Waals surface area contributed by atoms with Crippen LogP contribution in [0.5, 0.6) is 11.5 Å². The molecule has 0 amide bonds. The maximum absolute atomic E-state index is 11.6. The molecular weight excluding hydrogens is 290 g/mol. The van der Waals surface area contributed by atoms with Gasteiger partial charge < -0.3 is 14.6 Å². The number of hydrogen-bond acceptors (Lipinski definition) is 4. The summed E-state index contributed by atoms with van der Waals surface area (Å²) in [5.41, 5.74) is -0.182. The van der Waals surface area contributed by atoms with Crippen LogP contribution >= 0.6 is 34.8 Å². The van der Waals surface area contributed by atoms with Crippen LogP contribution in [0.15, 0.2) is 0 Å². The standard InChI is InChI=1S/C10H9Cl3O4/c1-3-17-10(15)4-5(11)7(13)9(16-2)8(14)6(4)12/h14H,3H2,1-2H3. The van der Waals surface area contributed by atoms with Gasteiger partial charge in [-0.05, 0) is 6.92 Å². The number of phenols is 1. The van der Waals surface area contributed by atoms with Crippen LogP contribution in [0.1, 0.15) is 17.3 Å². The third-order valence-corrected chi connectivity index (χ3v) is 3.14. The van der Waals surface area contributed by atoms with Crippen molar-refractivity contribution in [3.63, 3.8) is 0 Å². The molecule has 0 saturated carbocycles. The number of methoxy groups -OCH3 is 1. The van der Waals surface area contributed by atoms with Crippen molar-refractivity contribution in [2.24, 2.45) is 0 Å². The van der Waals surface area contributed by atoms with Gasteiger partial charge in [-0.15, -0.1) is 0 Å². The number of carbonyl (C=O) groups excluding carboxylic acids is 1. The van der Waals surface area contributed by atoms with E-state index >= 15 is 0 Å². The summed E-state index contributed by atoms with van der Waals surface area (Å²) in [6.07, 6.45) is 0. The molecule has 0 aliphatic heterocycles. The highest BCUT2D eigenvalue weighted by Crippen LogP contribution is 2.47. The largest absolute Gasteiger partial charge is 0.503 e. The van der Waals surface area contributed by atoms with Crippen LogP contribution in [0.4, 0.5) is 0 Å². The van der Waals surface area contributed by atoms with Gasteiger partial charge in [-0.1, -0.05) is 34.8 Å². The van der Waals surface area contributed by atoms with Crippen LogP contribution in [0.3, 0.4) is 0 Å². The molecule has 1 N–H and O–H groups in total. The van der Waals surface area contributed by atoms with Gasteiger partial charge in [0.25, 0.3) is 0 Å². The van der Waals surface area contributed by atoms with Crippen molar-refractivity contribution in [2.45, 2.75) is 6.92 Å². The zero-order chi connectivity index (χ0) is 13.2. The number of halogens is 3. The summed E-state index contributed by atoms with van der Waals surface area (Å²) in [6.45, 7) is 1.78. The van der Waals surface area contributed by atoms with Crippen molar-refractivity contribution >= 4 is 40.8 Å². The topological polar surface area (TPSA) is 55.8 Å². The van der Waals surface area contributed by atoms with Gasteiger partial charge in [0.05, 0.1) is 18.7 Å². The molecule has 0 radical (unpaired) electrons. The van der Waals surface area contributed by atoms with E-state index in [0.29, 0.717) is 0 Å². The molecule has 0 bridgehead atoms. The monoisotopic (exact) mass is 298 g/mol. The average molecular weight is 300 g/mol. The lowest BCUT2D eigenvalue weighted by Gasteiger charge is -2.13. The third kappa shape index (κ3) is 2.54. The van der Waals surface area contributed by atoms with E-state index in [0.717, 1.165) is 0 Å². The number of aromatic hydroxyl groups is 1. The zero-order valence-corrected chi connectivity index (χ0v) is 11.3. The Morgan fingerprint density at radius 3 is 2.29 bits per heavy atom. The molecule has 4 nitrogen and oxygen atoms in total. The normalized spacial score (nSPS) is 10.2. The summed E-state index contributed by atoms with van der Waals surface area (Å²) >= 11 is 17.5. The Morgan fingerprint density at radius 2 is 1.82 bits per heavy atom. The lowest BCUT2D eigenvalue weighted by atomic mass is 10.2. The summed E-state index contributed by atoms with van der Waals surface area (Å²) in [7, 11) is 1.29. The van der Waals surface area contributed by atoms with Crippen LogP contribution in [-0.2, 0) is 4.74 Å². The lowest BCUT2D eigenvalue weighted by molar-refractivity contribution is 0.0526. The van der Waals surface area contributed by atoms with E-state index in [1.807, 2.05) is 0 Å². The number of benzene rings is 1. The predicted molar refractivity (Wildman–Crippen MR) is 65.6 cm³/mol. The fraction of sp³-hybridized carbons (Fsp3) is 0.300. The molecule has 0 saturated heterocycles. The molecule has 0 unspecified atom stereocenters. The van der Waals surface area contributed by atoms with Crippen molar-refractivity contribution < 1.29 is 19.4 Å². The molecule has 0 aromatic heterocycles. The van der Waals surface area contributed by atoms with Gasteiger partial charge in [-0.3, -0.25) is 0 Å². The highest BCUT2D eigenvalue weighted by Gasteiger charge is 2.26. The lowest BCUT2D eigenvalue weighted by Crippen LogP contribution is -2.07. The first-order valence-electron chi connectivity index (χ1n) is 4.56. The van der Waals surface area contributed by atoms with E-state index in [9.17, 15) is 9.90 Å². The van der Waals surface area contributed by atoms with Gasteiger partial charge in [-0.2, -0.15) is 0 Å². The van der Waals surface area contributed by atoms with Crippen molar-refractivity contribution in [1.29, 1.82) is 0 Å².